The van der Waals surface area contributed by atoms with E-state index in [0.29, 0.717) is 6.42 Å². The molecule has 1 aliphatic heterocycles. The average molecular weight is 214 g/mol. The number of carboxylic acid groups (broad SMARTS) is 1. The summed E-state index contributed by atoms with van der Waals surface area (Å²) in [7, 11) is 0. The summed E-state index contributed by atoms with van der Waals surface area (Å²) in [5.41, 5.74) is -0.879. The Morgan fingerprint density at radius 2 is 2.07 bits per heavy atom. The molecule has 0 saturated carbocycles. The Labute approximate surface area is 87.2 Å². The Morgan fingerprint density at radius 3 is 2.47 bits per heavy atom. The molecular formula is C9H14N2O4. The van der Waals surface area contributed by atoms with Crippen LogP contribution in [0.25, 0.3) is 0 Å². The molecule has 0 radical (unpaired) electrons. The molecule has 0 atom stereocenters. The Morgan fingerprint density at radius 1 is 1.47 bits per heavy atom. The minimum atomic E-state index is -0.904. The van der Waals surface area contributed by atoms with Gasteiger partial charge in [0.05, 0.1) is 0 Å². The van der Waals surface area contributed by atoms with Crippen LogP contribution < -0.4 is 5.32 Å². The van der Waals surface area contributed by atoms with Crippen molar-refractivity contribution in [3.8, 4) is 0 Å². The van der Waals surface area contributed by atoms with Crippen LogP contribution in [0.3, 0.4) is 0 Å². The van der Waals surface area contributed by atoms with Gasteiger partial charge in [-0.05, 0) is 20.3 Å². The van der Waals surface area contributed by atoms with Gasteiger partial charge in [0.15, 0.2) is 0 Å². The van der Waals surface area contributed by atoms with Gasteiger partial charge in [0.1, 0.15) is 5.54 Å². The van der Waals surface area contributed by atoms with Crippen LogP contribution in [-0.4, -0.2) is 40.0 Å². The molecule has 6 heteroatoms. The van der Waals surface area contributed by atoms with E-state index in [0.717, 1.165) is 0 Å². The number of nitrogens with zero attached hydrogens (tertiary/aromatic N) is 1. The Bertz CT molecular complexity index is 311. The van der Waals surface area contributed by atoms with E-state index in [4.69, 9.17) is 5.11 Å². The SMILES string of the molecule is CC1(C)C(=O)NC(=O)N1CCCC(=O)O. The van der Waals surface area contributed by atoms with Gasteiger partial charge in [-0.1, -0.05) is 0 Å². The van der Waals surface area contributed by atoms with Crippen molar-refractivity contribution >= 4 is 17.9 Å². The van der Waals surface area contributed by atoms with Crippen molar-refractivity contribution in [3.63, 3.8) is 0 Å². The zero-order valence-electron chi connectivity index (χ0n) is 8.74. The van der Waals surface area contributed by atoms with Crippen LogP contribution in [0.4, 0.5) is 4.79 Å². The molecule has 1 saturated heterocycles. The number of carboxylic acids is 1. The number of amides is 3. The maximum absolute atomic E-state index is 11.3. The lowest BCUT2D eigenvalue weighted by Crippen LogP contribution is -2.44. The van der Waals surface area contributed by atoms with Gasteiger partial charge in [-0.2, -0.15) is 0 Å². The van der Waals surface area contributed by atoms with E-state index in [9.17, 15) is 14.4 Å². The molecule has 0 spiro atoms. The number of nitrogens with one attached hydrogen (secondary N) is 1. The van der Waals surface area contributed by atoms with Crippen LogP contribution in [-0.2, 0) is 9.59 Å². The number of carbonyl (C=O) groups is 3. The highest BCUT2D eigenvalue weighted by Gasteiger charge is 2.44. The number of carbonyl (C=O) groups excluding carboxylic acids is 2. The Hall–Kier alpha value is -1.59. The third-order valence-corrected chi connectivity index (χ3v) is 2.47. The van der Waals surface area contributed by atoms with E-state index in [2.05, 4.69) is 5.32 Å². The number of aliphatic carboxylic acids is 1. The van der Waals surface area contributed by atoms with E-state index in [1.807, 2.05) is 0 Å². The van der Waals surface area contributed by atoms with Crippen molar-refractivity contribution in [3.05, 3.63) is 0 Å². The number of imide groups is 1. The highest BCUT2D eigenvalue weighted by atomic mass is 16.4. The third kappa shape index (κ3) is 2.26. The minimum absolute atomic E-state index is 0.00590. The van der Waals surface area contributed by atoms with E-state index in [-0.39, 0.29) is 18.9 Å². The maximum Gasteiger partial charge on any atom is 0.324 e. The molecule has 6 nitrogen and oxygen atoms in total. The molecule has 0 aromatic heterocycles. The van der Waals surface area contributed by atoms with Crippen molar-refractivity contribution in [1.82, 2.24) is 10.2 Å². The van der Waals surface area contributed by atoms with Gasteiger partial charge in [-0.3, -0.25) is 14.9 Å². The summed E-state index contributed by atoms with van der Waals surface area (Å²) in [4.78, 5) is 34.3. The maximum atomic E-state index is 11.3. The predicted octanol–water partition coefficient (Wildman–Crippen LogP) is 0.182. The first-order valence-electron chi connectivity index (χ1n) is 4.70. The third-order valence-electron chi connectivity index (χ3n) is 2.47. The van der Waals surface area contributed by atoms with Gasteiger partial charge in [-0.25, -0.2) is 4.79 Å². The normalized spacial score (nSPS) is 19.2. The van der Waals surface area contributed by atoms with Crippen LogP contribution in [0.5, 0.6) is 0 Å². The average Bonchev–Trinajstić information content (AvgIpc) is 2.27. The van der Waals surface area contributed by atoms with Crippen molar-refractivity contribution in [2.45, 2.75) is 32.2 Å². The molecular weight excluding hydrogens is 200 g/mol. The molecule has 84 valence electrons. The molecule has 0 aromatic carbocycles. The molecule has 1 rings (SSSR count). The first-order chi connectivity index (χ1) is 6.85. The molecule has 0 aliphatic carbocycles. The fourth-order valence-corrected chi connectivity index (χ4v) is 1.46. The van der Waals surface area contributed by atoms with Crippen LogP contribution in [0, 0.1) is 0 Å². The van der Waals surface area contributed by atoms with Crippen molar-refractivity contribution in [1.29, 1.82) is 0 Å². The lowest BCUT2D eigenvalue weighted by Gasteiger charge is -2.27. The second-order valence-corrected chi connectivity index (χ2v) is 3.97. The lowest BCUT2D eigenvalue weighted by molar-refractivity contribution is -0.137. The fourth-order valence-electron chi connectivity index (χ4n) is 1.46. The molecule has 1 aliphatic rings. The molecule has 0 aromatic rings. The molecule has 0 unspecified atom stereocenters. The van der Waals surface area contributed by atoms with Crippen molar-refractivity contribution in [2.24, 2.45) is 0 Å². The predicted molar refractivity (Wildman–Crippen MR) is 51.2 cm³/mol. The van der Waals surface area contributed by atoms with Gasteiger partial charge in [0, 0.05) is 13.0 Å². The zero-order valence-corrected chi connectivity index (χ0v) is 8.74. The largest absolute Gasteiger partial charge is 0.481 e. The van der Waals surface area contributed by atoms with Gasteiger partial charge in [0.2, 0.25) is 0 Å². The van der Waals surface area contributed by atoms with Gasteiger partial charge < -0.3 is 10.0 Å². The van der Waals surface area contributed by atoms with Crippen LogP contribution in [0.1, 0.15) is 26.7 Å². The highest BCUT2D eigenvalue weighted by molar-refractivity contribution is 6.06. The Kier molecular flexibility index (Phi) is 2.97. The Balaban J connectivity index is 2.57. The summed E-state index contributed by atoms with van der Waals surface area (Å²) in [6.07, 6.45) is 0.341. The fraction of sp³-hybridized carbons (Fsp3) is 0.667. The molecule has 1 fully saturated rings. The first-order valence-corrected chi connectivity index (χ1v) is 4.70. The number of hydrogen-bond acceptors (Lipinski definition) is 3. The summed E-state index contributed by atoms with van der Waals surface area (Å²) in [5.74, 6) is -1.25. The quantitative estimate of drug-likeness (QED) is 0.653. The lowest BCUT2D eigenvalue weighted by atomic mass is 10.0. The van der Waals surface area contributed by atoms with Gasteiger partial charge in [-0.15, -0.1) is 0 Å². The van der Waals surface area contributed by atoms with E-state index in [1.54, 1.807) is 13.8 Å². The number of rotatable bonds is 4. The van der Waals surface area contributed by atoms with E-state index >= 15 is 0 Å². The van der Waals surface area contributed by atoms with Crippen LogP contribution in [0.15, 0.2) is 0 Å². The van der Waals surface area contributed by atoms with E-state index in [1.165, 1.54) is 4.90 Å². The molecule has 1 heterocycles. The number of hydrogen-bond donors (Lipinski definition) is 2. The summed E-state index contributed by atoms with van der Waals surface area (Å²) in [6, 6.07) is -0.449. The topological polar surface area (TPSA) is 86.7 Å². The summed E-state index contributed by atoms with van der Waals surface area (Å²) in [6.45, 7) is 3.54. The van der Waals surface area contributed by atoms with Crippen LogP contribution in [0.2, 0.25) is 0 Å². The second kappa shape index (κ2) is 3.88. The molecule has 3 amide bonds. The van der Waals surface area contributed by atoms with E-state index < -0.39 is 17.5 Å². The van der Waals surface area contributed by atoms with Gasteiger partial charge in [0.25, 0.3) is 5.91 Å². The number of urea groups is 1. The highest BCUT2D eigenvalue weighted by Crippen LogP contribution is 2.21. The zero-order chi connectivity index (χ0) is 11.6. The smallest absolute Gasteiger partial charge is 0.324 e. The first kappa shape index (κ1) is 11.5. The molecule has 2 N–H and O–H groups in total. The van der Waals surface area contributed by atoms with Crippen molar-refractivity contribution < 1.29 is 19.5 Å². The monoisotopic (exact) mass is 214 g/mol. The van der Waals surface area contributed by atoms with Gasteiger partial charge >= 0.3 is 12.0 Å². The standard InChI is InChI=1S/C9H14N2O4/c1-9(2)7(14)10-8(15)11(9)5-3-4-6(12)13/h3-5H2,1-2H3,(H,12,13)(H,10,14,15). The summed E-state index contributed by atoms with van der Waals surface area (Å²) in [5, 5.41) is 10.6. The minimum Gasteiger partial charge on any atom is -0.481 e. The van der Waals surface area contributed by atoms with Crippen molar-refractivity contribution in [2.75, 3.05) is 6.54 Å². The molecule has 15 heavy (non-hydrogen) atoms. The summed E-state index contributed by atoms with van der Waals surface area (Å²) >= 11 is 0. The summed E-state index contributed by atoms with van der Waals surface area (Å²) < 4.78 is 0. The molecule has 0 bridgehead atoms. The second-order valence-electron chi connectivity index (χ2n) is 3.97. The van der Waals surface area contributed by atoms with Crippen LogP contribution >= 0.6 is 0 Å².